The van der Waals surface area contributed by atoms with Crippen molar-refractivity contribution in [1.29, 1.82) is 0 Å². The zero-order chi connectivity index (χ0) is 33.4. The number of likely N-dealkylation sites (tertiary alicyclic amines) is 1. The third-order valence-electron chi connectivity index (χ3n) is 9.69. The van der Waals surface area contributed by atoms with Gasteiger partial charge in [0.1, 0.15) is 18.1 Å². The molecule has 13 heteroatoms. The van der Waals surface area contributed by atoms with Gasteiger partial charge in [0, 0.05) is 64.3 Å². The van der Waals surface area contributed by atoms with Crippen molar-refractivity contribution in [2.45, 2.75) is 75.9 Å². The number of carbonyl (C=O) groups is 1. The molecule has 47 heavy (non-hydrogen) atoms. The number of ether oxygens (including phenoxy) is 3. The number of hydrogen-bond donors (Lipinski definition) is 1. The highest BCUT2D eigenvalue weighted by Crippen LogP contribution is 2.48. The Bertz CT molecular complexity index is 1570. The molecule has 256 valence electrons. The SMILES string of the molecule is COc1cccc(C2(N3CCOCC3)CCN(C=O)CC2)c1-c1cc(NC2CC2)c2c(C(F)(F)F)cn(COCC[Si](C)(C)C)c2n1. The van der Waals surface area contributed by atoms with Crippen molar-refractivity contribution in [3.8, 4) is 17.0 Å². The normalized spacial score (nSPS) is 19.3. The molecule has 4 heterocycles. The number of anilines is 1. The number of amides is 1. The molecule has 2 aliphatic heterocycles. The Kier molecular flexibility index (Phi) is 9.63. The molecule has 9 nitrogen and oxygen atoms in total. The smallest absolute Gasteiger partial charge is 0.418 e. The largest absolute Gasteiger partial charge is 0.496 e. The summed E-state index contributed by atoms with van der Waals surface area (Å²) in [6.07, 6.45) is 0.651. The van der Waals surface area contributed by atoms with Crippen molar-refractivity contribution < 1.29 is 32.2 Å². The van der Waals surface area contributed by atoms with Crippen molar-refractivity contribution in [2.24, 2.45) is 0 Å². The lowest BCUT2D eigenvalue weighted by Gasteiger charge is -2.50. The number of morpholine rings is 1. The molecule has 1 N–H and O–H groups in total. The molecule has 0 spiro atoms. The van der Waals surface area contributed by atoms with Crippen molar-refractivity contribution in [3.05, 3.63) is 41.6 Å². The highest BCUT2D eigenvalue weighted by atomic mass is 28.3. The summed E-state index contributed by atoms with van der Waals surface area (Å²) in [4.78, 5) is 21.0. The lowest BCUT2D eigenvalue weighted by atomic mass is 9.76. The van der Waals surface area contributed by atoms with Crippen LogP contribution in [-0.2, 0) is 32.7 Å². The van der Waals surface area contributed by atoms with E-state index in [1.807, 2.05) is 12.1 Å². The summed E-state index contributed by atoms with van der Waals surface area (Å²) < 4.78 is 63.0. The summed E-state index contributed by atoms with van der Waals surface area (Å²) >= 11 is 0. The van der Waals surface area contributed by atoms with E-state index >= 15 is 0 Å². The van der Waals surface area contributed by atoms with Crippen LogP contribution in [0, 0.1) is 0 Å². The summed E-state index contributed by atoms with van der Waals surface area (Å²) in [5, 5.41) is 3.46. The van der Waals surface area contributed by atoms with Gasteiger partial charge < -0.3 is 29.0 Å². The number of benzene rings is 1. The quantitative estimate of drug-likeness (QED) is 0.136. The van der Waals surface area contributed by atoms with Crippen LogP contribution >= 0.6 is 0 Å². The fourth-order valence-corrected chi connectivity index (χ4v) is 7.69. The number of methoxy groups -OCH3 is 1. The molecule has 1 aromatic carbocycles. The Morgan fingerprint density at radius 3 is 2.47 bits per heavy atom. The number of pyridine rings is 1. The minimum absolute atomic E-state index is 0.0333. The van der Waals surface area contributed by atoms with E-state index in [1.54, 1.807) is 18.1 Å². The van der Waals surface area contributed by atoms with Gasteiger partial charge in [-0.25, -0.2) is 4.98 Å². The molecule has 2 saturated heterocycles. The molecule has 0 radical (unpaired) electrons. The zero-order valence-electron chi connectivity index (χ0n) is 27.8. The lowest BCUT2D eigenvalue weighted by Crippen LogP contribution is -2.56. The first-order valence-corrected chi connectivity index (χ1v) is 20.3. The maximum Gasteiger partial charge on any atom is 0.418 e. The van der Waals surface area contributed by atoms with E-state index in [0.29, 0.717) is 62.9 Å². The Balaban J connectivity index is 1.53. The van der Waals surface area contributed by atoms with Gasteiger partial charge in [0.15, 0.2) is 0 Å². The molecule has 6 rings (SSSR count). The number of fused-ring (bicyclic) bond motifs is 1. The van der Waals surface area contributed by atoms with Gasteiger partial charge in [-0.2, -0.15) is 13.2 Å². The Labute approximate surface area is 275 Å². The molecule has 1 aliphatic carbocycles. The number of hydrogen-bond acceptors (Lipinski definition) is 7. The van der Waals surface area contributed by atoms with E-state index in [2.05, 4.69) is 35.9 Å². The van der Waals surface area contributed by atoms with E-state index in [4.69, 9.17) is 19.2 Å². The topological polar surface area (TPSA) is 81.1 Å². The van der Waals surface area contributed by atoms with Crippen molar-refractivity contribution in [3.63, 3.8) is 0 Å². The number of carbonyl (C=O) groups excluding carboxylic acids is 1. The van der Waals surface area contributed by atoms with Gasteiger partial charge in [0.2, 0.25) is 6.41 Å². The van der Waals surface area contributed by atoms with Crippen molar-refractivity contribution in [1.82, 2.24) is 19.4 Å². The van der Waals surface area contributed by atoms with Crippen LogP contribution in [0.2, 0.25) is 25.7 Å². The first-order valence-electron chi connectivity index (χ1n) is 16.6. The first-order chi connectivity index (χ1) is 22.4. The van der Waals surface area contributed by atoms with Crippen LogP contribution in [0.5, 0.6) is 5.75 Å². The van der Waals surface area contributed by atoms with Crippen LogP contribution in [0.15, 0.2) is 30.5 Å². The number of nitrogens with zero attached hydrogens (tertiary/aromatic N) is 4. The average molecular weight is 674 g/mol. The van der Waals surface area contributed by atoms with Crippen LogP contribution in [0.3, 0.4) is 0 Å². The molecule has 1 saturated carbocycles. The summed E-state index contributed by atoms with van der Waals surface area (Å²) in [5.74, 6) is 0.595. The molecule has 3 fully saturated rings. The summed E-state index contributed by atoms with van der Waals surface area (Å²) in [6, 6.07) is 8.71. The monoisotopic (exact) mass is 673 g/mol. The second-order valence-corrected chi connectivity index (χ2v) is 19.8. The van der Waals surface area contributed by atoms with Crippen LogP contribution in [0.1, 0.15) is 36.8 Å². The summed E-state index contributed by atoms with van der Waals surface area (Å²) in [6.45, 7) is 11.0. The first kappa shape index (κ1) is 33.8. The lowest BCUT2D eigenvalue weighted by molar-refractivity contribution is -0.136. The predicted molar refractivity (Wildman–Crippen MR) is 178 cm³/mol. The van der Waals surface area contributed by atoms with Gasteiger partial charge in [0.05, 0.1) is 42.5 Å². The predicted octanol–water partition coefficient (Wildman–Crippen LogP) is 6.40. The van der Waals surface area contributed by atoms with Gasteiger partial charge in [0.25, 0.3) is 0 Å². The van der Waals surface area contributed by atoms with E-state index < -0.39 is 25.4 Å². The molecule has 3 aliphatic rings. The number of piperidine rings is 1. The van der Waals surface area contributed by atoms with Crippen LogP contribution < -0.4 is 10.1 Å². The summed E-state index contributed by atoms with van der Waals surface area (Å²) in [7, 11) is 0.212. The Morgan fingerprint density at radius 2 is 1.85 bits per heavy atom. The number of halogens is 3. The van der Waals surface area contributed by atoms with Crippen molar-refractivity contribution in [2.75, 3.05) is 58.4 Å². The fourth-order valence-electron chi connectivity index (χ4n) is 6.93. The summed E-state index contributed by atoms with van der Waals surface area (Å²) in [5.41, 5.74) is 1.74. The molecule has 3 aromatic rings. The number of alkyl halides is 3. The third kappa shape index (κ3) is 7.18. The average Bonchev–Trinajstić information content (AvgIpc) is 3.79. The van der Waals surface area contributed by atoms with Gasteiger partial charge in [-0.15, -0.1) is 0 Å². The second-order valence-electron chi connectivity index (χ2n) is 14.2. The molecule has 2 aromatic heterocycles. The van der Waals surface area contributed by atoms with Crippen LogP contribution in [-0.4, -0.2) is 93.0 Å². The molecular formula is C34H46F3N5O4Si. The zero-order valence-corrected chi connectivity index (χ0v) is 28.8. The van der Waals surface area contributed by atoms with E-state index in [9.17, 15) is 18.0 Å². The van der Waals surface area contributed by atoms with Crippen LogP contribution in [0.25, 0.3) is 22.3 Å². The minimum Gasteiger partial charge on any atom is -0.496 e. The highest BCUT2D eigenvalue weighted by molar-refractivity contribution is 6.76. The minimum atomic E-state index is -4.58. The number of aromatic nitrogens is 2. The van der Waals surface area contributed by atoms with Gasteiger partial charge in [-0.3, -0.25) is 9.69 Å². The maximum absolute atomic E-state index is 14.6. The van der Waals surface area contributed by atoms with Gasteiger partial charge >= 0.3 is 6.18 Å². The standard InChI is InChI=1S/C34H46F3N5O4Si/c1-44-29-7-5-6-25(33(42-14-16-45-17-15-42)10-12-40(22-43)13-11-33)30(29)27-20-28(38-24-8-9-24)31-26(34(35,36)37)21-41(32(31)39-27)23-46-18-19-47(2,3)4/h5-7,20-22,24H,8-19,23H2,1-4H3,(H,38,39). The Morgan fingerprint density at radius 1 is 1.13 bits per heavy atom. The van der Waals surface area contributed by atoms with Gasteiger partial charge in [-0.1, -0.05) is 31.8 Å². The molecule has 0 unspecified atom stereocenters. The number of nitrogens with one attached hydrogen (secondary N) is 1. The fraction of sp³-hybridized carbons (Fsp3) is 0.588. The molecule has 1 amide bonds. The maximum atomic E-state index is 14.6. The third-order valence-corrected chi connectivity index (χ3v) is 11.4. The van der Waals surface area contributed by atoms with Crippen molar-refractivity contribution >= 4 is 31.2 Å². The molecule has 0 bridgehead atoms. The number of rotatable bonds is 12. The van der Waals surface area contributed by atoms with E-state index in [1.165, 1.54) is 4.57 Å². The highest BCUT2D eigenvalue weighted by Gasteiger charge is 2.44. The second kappa shape index (κ2) is 13.4. The molecule has 0 atom stereocenters. The van der Waals surface area contributed by atoms with E-state index in [0.717, 1.165) is 55.7 Å². The van der Waals surface area contributed by atoms with E-state index in [-0.39, 0.29) is 23.8 Å². The van der Waals surface area contributed by atoms with Gasteiger partial charge in [-0.05, 0) is 49.4 Å². The van der Waals surface area contributed by atoms with Crippen LogP contribution in [0.4, 0.5) is 18.9 Å². The Hall–Kier alpha value is -3.13. The molecular weight excluding hydrogens is 627 g/mol.